The molecule has 0 radical (unpaired) electrons. The van der Waals surface area contributed by atoms with Gasteiger partial charge in [-0.3, -0.25) is 4.79 Å². The van der Waals surface area contributed by atoms with Crippen LogP contribution in [0, 0.1) is 0 Å². The first-order valence-electron chi connectivity index (χ1n) is 11.7. The number of nitrogens with one attached hydrogen (secondary N) is 3. The summed E-state index contributed by atoms with van der Waals surface area (Å²) in [6, 6.07) is 6.03. The summed E-state index contributed by atoms with van der Waals surface area (Å²) in [5, 5.41) is 10.8. The molecule has 12 heteroatoms. The predicted octanol–water partition coefficient (Wildman–Crippen LogP) is 3.56. The lowest BCUT2D eigenvalue weighted by Gasteiger charge is -2.23. The van der Waals surface area contributed by atoms with Crippen molar-refractivity contribution in [2.75, 3.05) is 28.4 Å². The van der Waals surface area contributed by atoms with E-state index in [9.17, 15) is 13.2 Å². The number of fused-ring (bicyclic) bond motifs is 1. The van der Waals surface area contributed by atoms with E-state index >= 15 is 0 Å². The number of amides is 1. The van der Waals surface area contributed by atoms with Gasteiger partial charge in [-0.25, -0.2) is 23.4 Å². The van der Waals surface area contributed by atoms with Crippen LogP contribution in [-0.2, 0) is 9.84 Å². The third kappa shape index (κ3) is 6.04. The summed E-state index contributed by atoms with van der Waals surface area (Å²) >= 11 is 3.16. The Labute approximate surface area is 212 Å². The Kier molecular flexibility index (Phi) is 7.12. The fourth-order valence-electron chi connectivity index (χ4n) is 4.53. The van der Waals surface area contributed by atoms with Gasteiger partial charge in [-0.2, -0.15) is 0 Å². The van der Waals surface area contributed by atoms with Gasteiger partial charge < -0.3 is 16.0 Å². The lowest BCUT2D eigenvalue weighted by molar-refractivity contribution is 0.0934. The summed E-state index contributed by atoms with van der Waals surface area (Å²) in [6.07, 6.45) is 9.62. The number of thioether (sulfide) groups is 1. The maximum absolute atomic E-state index is 12.7. The maximum Gasteiger partial charge on any atom is 0.251 e. The molecule has 1 amide bonds. The fourth-order valence-corrected chi connectivity index (χ4v) is 7.32. The van der Waals surface area contributed by atoms with E-state index in [-0.39, 0.29) is 23.5 Å². The second kappa shape index (κ2) is 10.3. The van der Waals surface area contributed by atoms with Gasteiger partial charge in [0.25, 0.3) is 5.91 Å². The number of anilines is 2. The number of thiazole rings is 1. The highest BCUT2D eigenvalue weighted by atomic mass is 32.2. The minimum absolute atomic E-state index is 0.0989. The lowest BCUT2D eigenvalue weighted by atomic mass is 10.1. The molecule has 3 heterocycles. The van der Waals surface area contributed by atoms with Crippen molar-refractivity contribution >= 4 is 60.1 Å². The zero-order chi connectivity index (χ0) is 24.4. The van der Waals surface area contributed by atoms with Gasteiger partial charge >= 0.3 is 0 Å². The van der Waals surface area contributed by atoms with Crippen molar-refractivity contribution < 1.29 is 13.2 Å². The molecule has 2 atom stereocenters. The van der Waals surface area contributed by atoms with Crippen molar-refractivity contribution in [3.8, 4) is 0 Å². The van der Waals surface area contributed by atoms with Crippen LogP contribution in [0.1, 0.15) is 42.5 Å². The van der Waals surface area contributed by atoms with Gasteiger partial charge in [0, 0.05) is 41.0 Å². The Balaban J connectivity index is 1.17. The van der Waals surface area contributed by atoms with Gasteiger partial charge in [0.1, 0.15) is 9.84 Å². The molecule has 2 fully saturated rings. The summed E-state index contributed by atoms with van der Waals surface area (Å²) in [5.41, 5.74) is 1.42. The number of hydrogen-bond acceptors (Lipinski definition) is 10. The zero-order valence-corrected chi connectivity index (χ0v) is 21.8. The molecule has 1 saturated carbocycles. The molecule has 2 aromatic heterocycles. The number of nitrogens with zero attached hydrogens (tertiary/aromatic N) is 3. The summed E-state index contributed by atoms with van der Waals surface area (Å²) in [6.45, 7) is 0. The van der Waals surface area contributed by atoms with Crippen LogP contribution < -0.4 is 16.0 Å². The molecule has 1 saturated heterocycles. The van der Waals surface area contributed by atoms with Crippen LogP contribution in [0.3, 0.4) is 0 Å². The second-order valence-electron chi connectivity index (χ2n) is 9.04. The Hall–Kier alpha value is -2.44. The normalized spacial score (nSPS) is 22.2. The Morgan fingerprint density at radius 1 is 1.03 bits per heavy atom. The fraction of sp³-hybridized carbons (Fsp3) is 0.478. The molecule has 0 unspecified atom stereocenters. The average molecular weight is 533 g/mol. The van der Waals surface area contributed by atoms with Crippen LogP contribution in [0.5, 0.6) is 0 Å². The first-order chi connectivity index (χ1) is 16.9. The minimum Gasteiger partial charge on any atom is -0.359 e. The summed E-state index contributed by atoms with van der Waals surface area (Å²) < 4.78 is 24.2. The predicted molar refractivity (Wildman–Crippen MR) is 141 cm³/mol. The number of aromatic nitrogens is 3. The standard InChI is InChI=1S/C23H28N6O3S3/c1-33-18-12-24-22(25-13-18)27-16-3-4-17(11-16)28-23-29-19-5-2-14(10-20(19)34-23)21(30)26-15-6-8-35(31,32)9-7-15/h2,5,10,12-13,15-17H,3-4,6-9,11H2,1H3,(H,26,30)(H,28,29)(H,24,25,27)/t16-,17-/m0/s1. The SMILES string of the molecule is CSc1cnc(N[C@H]2CC[C@H](Nc3nc4ccc(C(=O)NC5CCS(=O)(=O)CC5)cc4s3)C2)nc1. The molecule has 1 aromatic carbocycles. The molecule has 35 heavy (non-hydrogen) atoms. The minimum atomic E-state index is -2.95. The molecule has 5 rings (SSSR count). The maximum atomic E-state index is 12.7. The lowest BCUT2D eigenvalue weighted by Crippen LogP contribution is -2.40. The van der Waals surface area contributed by atoms with Crippen LogP contribution in [0.2, 0.25) is 0 Å². The molecule has 0 spiro atoms. The molecule has 1 aliphatic carbocycles. The third-order valence-corrected chi connectivity index (χ3v) is 9.84. The summed E-state index contributed by atoms with van der Waals surface area (Å²) in [7, 11) is -2.95. The van der Waals surface area contributed by atoms with Crippen molar-refractivity contribution in [2.24, 2.45) is 0 Å². The van der Waals surface area contributed by atoms with Crippen molar-refractivity contribution in [2.45, 2.75) is 55.1 Å². The highest BCUT2D eigenvalue weighted by molar-refractivity contribution is 7.98. The van der Waals surface area contributed by atoms with Gasteiger partial charge in [-0.05, 0) is 56.6 Å². The Bertz CT molecular complexity index is 1300. The van der Waals surface area contributed by atoms with Crippen LogP contribution in [0.15, 0.2) is 35.5 Å². The van der Waals surface area contributed by atoms with Crippen molar-refractivity contribution in [1.29, 1.82) is 0 Å². The topological polar surface area (TPSA) is 126 Å². The first-order valence-corrected chi connectivity index (χ1v) is 15.5. The van der Waals surface area contributed by atoms with Crippen LogP contribution >= 0.6 is 23.1 Å². The van der Waals surface area contributed by atoms with E-state index in [1.807, 2.05) is 30.8 Å². The smallest absolute Gasteiger partial charge is 0.251 e. The van der Waals surface area contributed by atoms with Gasteiger partial charge in [0.15, 0.2) is 5.13 Å². The average Bonchev–Trinajstić information content (AvgIpc) is 3.46. The Morgan fingerprint density at radius 3 is 2.46 bits per heavy atom. The zero-order valence-electron chi connectivity index (χ0n) is 19.4. The second-order valence-corrected chi connectivity index (χ2v) is 13.3. The van der Waals surface area contributed by atoms with Crippen molar-refractivity contribution in [3.05, 3.63) is 36.2 Å². The van der Waals surface area contributed by atoms with E-state index in [1.54, 1.807) is 29.2 Å². The summed E-state index contributed by atoms with van der Waals surface area (Å²) in [5.74, 6) is 0.761. The van der Waals surface area contributed by atoms with E-state index < -0.39 is 9.84 Å². The van der Waals surface area contributed by atoms with Crippen LogP contribution in [0.25, 0.3) is 10.2 Å². The van der Waals surface area contributed by atoms with Crippen molar-refractivity contribution in [3.63, 3.8) is 0 Å². The molecular formula is C23H28N6O3S3. The van der Waals surface area contributed by atoms with Crippen LogP contribution in [0.4, 0.5) is 11.1 Å². The summed E-state index contributed by atoms with van der Waals surface area (Å²) in [4.78, 5) is 27.2. The molecular weight excluding hydrogens is 504 g/mol. The molecule has 3 aromatic rings. The third-order valence-electron chi connectivity index (χ3n) is 6.50. The highest BCUT2D eigenvalue weighted by Gasteiger charge is 2.27. The van der Waals surface area contributed by atoms with E-state index in [2.05, 4.69) is 25.9 Å². The van der Waals surface area contributed by atoms with E-state index in [4.69, 9.17) is 4.98 Å². The number of benzene rings is 1. The number of hydrogen-bond donors (Lipinski definition) is 3. The molecule has 186 valence electrons. The van der Waals surface area contributed by atoms with E-state index in [1.165, 1.54) is 0 Å². The number of sulfone groups is 1. The van der Waals surface area contributed by atoms with Crippen molar-refractivity contribution in [1.82, 2.24) is 20.3 Å². The monoisotopic (exact) mass is 532 g/mol. The number of rotatable bonds is 7. The Morgan fingerprint density at radius 2 is 1.74 bits per heavy atom. The van der Waals surface area contributed by atoms with Gasteiger partial charge in [-0.15, -0.1) is 11.8 Å². The molecule has 1 aliphatic heterocycles. The number of carbonyl (C=O) groups is 1. The van der Waals surface area contributed by atoms with Crippen LogP contribution in [-0.4, -0.2) is 65.2 Å². The molecule has 3 N–H and O–H groups in total. The molecule has 9 nitrogen and oxygen atoms in total. The first kappa shape index (κ1) is 24.3. The van der Waals surface area contributed by atoms with Gasteiger partial charge in [0.2, 0.25) is 5.95 Å². The van der Waals surface area contributed by atoms with E-state index in [0.717, 1.165) is 39.5 Å². The molecule has 0 bridgehead atoms. The number of carbonyl (C=O) groups excluding carboxylic acids is 1. The van der Waals surface area contributed by atoms with Gasteiger partial charge in [-0.1, -0.05) is 11.3 Å². The molecule has 2 aliphatic rings. The van der Waals surface area contributed by atoms with Gasteiger partial charge in [0.05, 0.1) is 21.7 Å². The largest absolute Gasteiger partial charge is 0.359 e. The highest BCUT2D eigenvalue weighted by Crippen LogP contribution is 2.31. The quantitative estimate of drug-likeness (QED) is 0.392. The van der Waals surface area contributed by atoms with E-state index in [0.29, 0.717) is 36.4 Å².